The van der Waals surface area contributed by atoms with Crippen LogP contribution in [0.1, 0.15) is 92.9 Å². The van der Waals surface area contributed by atoms with Crippen LogP contribution in [0.5, 0.6) is 0 Å². The summed E-state index contributed by atoms with van der Waals surface area (Å²) in [5.41, 5.74) is 4.48. The Morgan fingerprint density at radius 3 is 2.41 bits per heavy atom. The van der Waals surface area contributed by atoms with E-state index in [0.29, 0.717) is 16.7 Å². The molecule has 0 amide bonds. The van der Waals surface area contributed by atoms with Crippen molar-refractivity contribution >= 4 is 11.6 Å². The largest absolute Gasteiger partial charge is 0.392 e. The molecule has 6 rings (SSSR count). The number of aliphatic hydroxyl groups excluding tert-OH is 1. The first kappa shape index (κ1) is 25.7. The minimum absolute atomic E-state index is 0.0723. The van der Waals surface area contributed by atoms with Crippen LogP contribution in [0.3, 0.4) is 0 Å². The van der Waals surface area contributed by atoms with Crippen LogP contribution in [0, 0.1) is 38.9 Å². The standard InChI is InChI=1S/C33H47NO3/c1-21-23-7-8-26-31(4,24(23)17-25(36)28(21)37)13-15-33(6)27-18-29(2,20-34-16-9-22(35)19-34)10-11-30(27,3)12-14-32(26,33)5/h7-8,17,21-22,27,35H,9-16,18-20H2,1-6H3/t21?,22-,27-,29-,30-,31+,32-,33+/m1/s1. The van der Waals surface area contributed by atoms with Gasteiger partial charge in [-0.3, -0.25) is 9.59 Å². The molecule has 1 unspecified atom stereocenters. The van der Waals surface area contributed by atoms with E-state index in [-0.39, 0.29) is 39.8 Å². The molecule has 1 N–H and O–H groups in total. The van der Waals surface area contributed by atoms with Crippen molar-refractivity contribution in [1.82, 2.24) is 4.90 Å². The highest BCUT2D eigenvalue weighted by atomic mass is 16.3. The van der Waals surface area contributed by atoms with E-state index in [9.17, 15) is 14.7 Å². The molecule has 1 heterocycles. The van der Waals surface area contributed by atoms with E-state index >= 15 is 0 Å². The van der Waals surface area contributed by atoms with Gasteiger partial charge in [0, 0.05) is 31.0 Å². The molecule has 3 saturated carbocycles. The van der Waals surface area contributed by atoms with Crippen LogP contribution in [0.25, 0.3) is 0 Å². The van der Waals surface area contributed by atoms with Gasteiger partial charge in [0.05, 0.1) is 6.10 Å². The van der Waals surface area contributed by atoms with Crippen LogP contribution in [-0.4, -0.2) is 47.3 Å². The molecule has 6 aliphatic rings. The number of Topliss-reactive ketones (excluding diaryl/α,β-unsaturated/α-hetero) is 1. The summed E-state index contributed by atoms with van der Waals surface area (Å²) in [7, 11) is 0. The van der Waals surface area contributed by atoms with Crippen LogP contribution in [0.4, 0.5) is 0 Å². The highest BCUT2D eigenvalue weighted by Crippen LogP contribution is 2.75. The van der Waals surface area contributed by atoms with Crippen molar-refractivity contribution in [3.05, 3.63) is 34.9 Å². The first-order valence-electron chi connectivity index (χ1n) is 14.9. The van der Waals surface area contributed by atoms with Crippen LogP contribution >= 0.6 is 0 Å². The van der Waals surface area contributed by atoms with Crippen molar-refractivity contribution in [3.63, 3.8) is 0 Å². The lowest BCUT2D eigenvalue weighted by Gasteiger charge is -2.70. The molecular weight excluding hydrogens is 458 g/mol. The minimum atomic E-state index is -0.332. The molecule has 202 valence electrons. The summed E-state index contributed by atoms with van der Waals surface area (Å²) in [5, 5.41) is 10.1. The van der Waals surface area contributed by atoms with Crippen molar-refractivity contribution in [1.29, 1.82) is 0 Å². The first-order valence-corrected chi connectivity index (χ1v) is 14.9. The van der Waals surface area contributed by atoms with Gasteiger partial charge in [-0.1, -0.05) is 59.3 Å². The van der Waals surface area contributed by atoms with Crippen molar-refractivity contribution in [2.24, 2.45) is 38.9 Å². The van der Waals surface area contributed by atoms with Gasteiger partial charge < -0.3 is 10.0 Å². The van der Waals surface area contributed by atoms with E-state index in [4.69, 9.17) is 0 Å². The Bertz CT molecular complexity index is 1150. The maximum atomic E-state index is 12.7. The molecule has 0 radical (unpaired) electrons. The second-order valence-corrected chi connectivity index (χ2v) is 15.2. The predicted octanol–water partition coefficient (Wildman–Crippen LogP) is 6.05. The van der Waals surface area contributed by atoms with Gasteiger partial charge >= 0.3 is 0 Å². The molecule has 0 bridgehead atoms. The molecule has 5 aliphatic carbocycles. The van der Waals surface area contributed by atoms with E-state index < -0.39 is 0 Å². The summed E-state index contributed by atoms with van der Waals surface area (Å²) in [5.74, 6) is -0.251. The smallest absolute Gasteiger partial charge is 0.222 e. The van der Waals surface area contributed by atoms with Crippen molar-refractivity contribution in [2.75, 3.05) is 19.6 Å². The Morgan fingerprint density at radius 1 is 0.973 bits per heavy atom. The lowest BCUT2D eigenvalue weighted by Crippen LogP contribution is -2.62. The molecule has 0 aromatic heterocycles. The Morgan fingerprint density at radius 2 is 1.70 bits per heavy atom. The van der Waals surface area contributed by atoms with Gasteiger partial charge in [0.1, 0.15) is 0 Å². The summed E-state index contributed by atoms with van der Waals surface area (Å²) < 4.78 is 0. The normalized spacial score (nSPS) is 49.8. The number of allylic oxidation sites excluding steroid dienone is 6. The molecule has 0 spiro atoms. The van der Waals surface area contributed by atoms with Crippen molar-refractivity contribution in [2.45, 2.75) is 99.0 Å². The third-order valence-electron chi connectivity index (χ3n) is 13.0. The Hall–Kier alpha value is -1.52. The van der Waals surface area contributed by atoms with Crippen LogP contribution in [-0.2, 0) is 9.59 Å². The van der Waals surface area contributed by atoms with E-state index in [1.165, 1.54) is 37.7 Å². The molecule has 0 aromatic rings. The van der Waals surface area contributed by atoms with Gasteiger partial charge in [-0.05, 0) is 96.2 Å². The highest BCUT2D eigenvalue weighted by Gasteiger charge is 2.66. The fourth-order valence-corrected chi connectivity index (χ4v) is 10.3. The third kappa shape index (κ3) is 3.46. The summed E-state index contributed by atoms with van der Waals surface area (Å²) in [4.78, 5) is 27.7. The molecular formula is C33H47NO3. The zero-order valence-corrected chi connectivity index (χ0v) is 24.0. The Labute approximate surface area is 223 Å². The number of carbonyl (C=O) groups excluding carboxylic acids is 2. The summed E-state index contributed by atoms with van der Waals surface area (Å²) in [6.07, 6.45) is 15.5. The molecule has 1 saturated heterocycles. The number of hydrogen-bond acceptors (Lipinski definition) is 4. The lowest BCUT2D eigenvalue weighted by molar-refractivity contribution is -0.163. The zero-order chi connectivity index (χ0) is 26.6. The van der Waals surface area contributed by atoms with E-state index in [0.717, 1.165) is 50.0 Å². The Balaban J connectivity index is 1.38. The fraction of sp³-hybridized carbons (Fsp3) is 0.758. The minimum Gasteiger partial charge on any atom is -0.392 e. The van der Waals surface area contributed by atoms with Gasteiger partial charge in [-0.15, -0.1) is 0 Å². The van der Waals surface area contributed by atoms with Crippen molar-refractivity contribution in [3.8, 4) is 0 Å². The average Bonchev–Trinajstić information content (AvgIpc) is 3.25. The van der Waals surface area contributed by atoms with Crippen LogP contribution in [0.15, 0.2) is 34.9 Å². The molecule has 1 aliphatic heterocycles. The van der Waals surface area contributed by atoms with E-state index in [1.54, 1.807) is 6.08 Å². The number of nitrogens with zero attached hydrogens (tertiary/aromatic N) is 1. The SMILES string of the molecule is CC1C(=O)C(=O)C=C2C1=CC=C1[C@@]2(C)CC[C@@]2(C)[C@@H]3C[C@](C)(CN4CC[C@@H](O)C4)CC[C@]3(C)CC[C@]12C. The van der Waals surface area contributed by atoms with Gasteiger partial charge in [-0.25, -0.2) is 0 Å². The predicted molar refractivity (Wildman–Crippen MR) is 147 cm³/mol. The number of ketones is 2. The maximum Gasteiger partial charge on any atom is 0.222 e. The third-order valence-corrected chi connectivity index (χ3v) is 13.0. The van der Waals surface area contributed by atoms with Gasteiger partial charge in [0.25, 0.3) is 0 Å². The number of aliphatic hydroxyl groups is 1. The molecule has 4 heteroatoms. The van der Waals surface area contributed by atoms with Gasteiger partial charge in [0.2, 0.25) is 11.6 Å². The second kappa shape index (κ2) is 8.01. The topological polar surface area (TPSA) is 57.6 Å². The monoisotopic (exact) mass is 505 g/mol. The van der Waals surface area contributed by atoms with Gasteiger partial charge in [0.15, 0.2) is 0 Å². The average molecular weight is 506 g/mol. The summed E-state index contributed by atoms with van der Waals surface area (Å²) in [6.45, 7) is 17.5. The first-order chi connectivity index (χ1) is 17.2. The number of fused-ring (bicyclic) bond motifs is 7. The molecule has 8 atom stereocenters. The molecule has 37 heavy (non-hydrogen) atoms. The zero-order valence-electron chi connectivity index (χ0n) is 24.0. The number of carbonyl (C=O) groups is 2. The Kier molecular flexibility index (Phi) is 5.57. The van der Waals surface area contributed by atoms with E-state index in [1.807, 2.05) is 6.92 Å². The molecule has 0 aromatic carbocycles. The number of β-amino-alcohol motifs (C(OH)–C–C–N with tert-alkyl or cyclic N) is 1. The van der Waals surface area contributed by atoms with Gasteiger partial charge in [-0.2, -0.15) is 0 Å². The molecule has 4 nitrogen and oxygen atoms in total. The van der Waals surface area contributed by atoms with Crippen LogP contribution in [0.2, 0.25) is 0 Å². The van der Waals surface area contributed by atoms with Crippen molar-refractivity contribution < 1.29 is 14.7 Å². The quantitative estimate of drug-likeness (QED) is 0.464. The summed E-state index contributed by atoms with van der Waals surface area (Å²) >= 11 is 0. The number of likely N-dealkylation sites (tertiary alicyclic amines) is 1. The number of rotatable bonds is 2. The van der Waals surface area contributed by atoms with Crippen LogP contribution < -0.4 is 0 Å². The fourth-order valence-electron chi connectivity index (χ4n) is 10.3. The van der Waals surface area contributed by atoms with E-state index in [2.05, 4.69) is 51.7 Å². The number of hydrogen-bond donors (Lipinski definition) is 1. The highest BCUT2D eigenvalue weighted by molar-refractivity contribution is 6.44. The maximum absolute atomic E-state index is 12.7. The summed E-state index contributed by atoms with van der Waals surface area (Å²) in [6, 6.07) is 0. The molecule has 4 fully saturated rings. The lowest BCUT2D eigenvalue weighted by atomic mass is 9.34. The second-order valence-electron chi connectivity index (χ2n) is 15.2.